The van der Waals surface area contributed by atoms with Crippen molar-refractivity contribution in [3.05, 3.63) is 193 Å². The third-order valence-corrected chi connectivity index (χ3v) is 9.28. The van der Waals surface area contributed by atoms with E-state index in [1.54, 1.807) is 35.8 Å². The molecule has 0 aliphatic heterocycles. The Morgan fingerprint density at radius 1 is 0.353 bits per heavy atom. The molecular formula is C49H34N2. The van der Waals surface area contributed by atoms with Crippen LogP contribution < -0.4 is 0 Å². The minimum Gasteiger partial charge on any atom is -0.309 e. The number of hydrogen-bond acceptors (Lipinski definition) is 0. The van der Waals surface area contributed by atoms with Crippen molar-refractivity contribution in [3.8, 4) is 44.8 Å². The molecule has 0 spiro atoms. The van der Waals surface area contributed by atoms with Crippen LogP contribution in [0.3, 0.4) is 0 Å². The summed E-state index contributed by atoms with van der Waals surface area (Å²) >= 11 is 0. The van der Waals surface area contributed by atoms with Gasteiger partial charge in [0.25, 0.3) is 0 Å². The Kier molecular flexibility index (Phi) is 4.36. The van der Waals surface area contributed by atoms with Gasteiger partial charge in [0.1, 0.15) is 0 Å². The summed E-state index contributed by atoms with van der Waals surface area (Å²) in [5, 5.41) is -0.221. The summed E-state index contributed by atoms with van der Waals surface area (Å²) in [7, 11) is 0. The molecule has 2 aromatic heterocycles. The van der Waals surface area contributed by atoms with Gasteiger partial charge >= 0.3 is 0 Å². The monoisotopic (exact) mass is 663 g/mol. The van der Waals surface area contributed by atoms with Crippen LogP contribution in [0.15, 0.2) is 188 Å². The summed E-state index contributed by atoms with van der Waals surface area (Å²) in [6.45, 7) is 1.56. The van der Waals surface area contributed by atoms with E-state index in [0.717, 1.165) is 22.3 Å². The maximum atomic E-state index is 9.84. The van der Waals surface area contributed by atoms with Crippen LogP contribution in [0.2, 0.25) is 0 Å². The Bertz CT molecular complexity index is 3380. The van der Waals surface area contributed by atoms with Gasteiger partial charge in [-0.3, -0.25) is 0 Å². The summed E-state index contributed by atoms with van der Waals surface area (Å²) in [6, 6.07) is 28.0. The fraction of sp³-hybridized carbons (Fsp3) is 0.0204. The van der Waals surface area contributed by atoms with E-state index in [1.165, 1.54) is 4.57 Å². The molecule has 2 heterocycles. The van der Waals surface area contributed by atoms with Gasteiger partial charge in [0.05, 0.1) is 39.9 Å². The van der Waals surface area contributed by atoms with Gasteiger partial charge in [-0.15, -0.1) is 0 Å². The molecule has 51 heavy (non-hydrogen) atoms. The molecule has 8 aromatic carbocycles. The van der Waals surface area contributed by atoms with Crippen LogP contribution in [0.5, 0.6) is 0 Å². The molecule has 0 bridgehead atoms. The highest BCUT2D eigenvalue weighted by Gasteiger charge is 2.16. The zero-order chi connectivity index (χ0) is 45.2. The topological polar surface area (TPSA) is 9.86 Å². The first kappa shape index (κ1) is 18.9. The first-order chi connectivity index (χ1) is 30.6. The quantitative estimate of drug-likeness (QED) is 0.173. The van der Waals surface area contributed by atoms with Gasteiger partial charge in [-0.2, -0.15) is 0 Å². The molecule has 0 radical (unpaired) electrons. The fourth-order valence-electron chi connectivity index (χ4n) is 6.84. The first-order valence-corrected chi connectivity index (χ1v) is 16.6. The van der Waals surface area contributed by atoms with E-state index >= 15 is 0 Å². The number of nitrogens with zero attached hydrogens (tertiary/aromatic N) is 2. The summed E-state index contributed by atoms with van der Waals surface area (Å²) < 4.78 is 124. The van der Waals surface area contributed by atoms with Crippen molar-refractivity contribution in [2.45, 2.75) is 6.92 Å². The maximum Gasteiger partial charge on any atom is 0.0648 e. The van der Waals surface area contributed by atoms with Crippen LogP contribution in [0.1, 0.15) is 23.4 Å². The van der Waals surface area contributed by atoms with E-state index in [4.69, 9.17) is 6.85 Å². The van der Waals surface area contributed by atoms with E-state index in [1.807, 2.05) is 84.9 Å². The Morgan fingerprint density at radius 3 is 1.35 bits per heavy atom. The lowest BCUT2D eigenvalue weighted by molar-refractivity contribution is 1.18. The van der Waals surface area contributed by atoms with Crippen LogP contribution in [0.25, 0.3) is 88.4 Å². The normalized spacial score (nSPS) is 15.2. The predicted octanol–water partition coefficient (Wildman–Crippen LogP) is 13.2. The molecule has 0 fully saturated rings. The van der Waals surface area contributed by atoms with Gasteiger partial charge in [0, 0.05) is 32.9 Å². The van der Waals surface area contributed by atoms with E-state index in [0.29, 0.717) is 11.4 Å². The molecular weight excluding hydrogens is 617 g/mol. The van der Waals surface area contributed by atoms with Gasteiger partial charge < -0.3 is 9.13 Å². The average Bonchev–Trinajstić information content (AvgIpc) is 3.88. The first-order valence-electron chi connectivity index (χ1n) is 23.1. The van der Waals surface area contributed by atoms with E-state index in [9.17, 15) is 11.0 Å². The molecule has 0 amide bonds. The van der Waals surface area contributed by atoms with Gasteiger partial charge in [-0.05, 0) is 106 Å². The largest absolute Gasteiger partial charge is 0.309 e. The second kappa shape index (κ2) is 11.8. The van der Waals surface area contributed by atoms with Gasteiger partial charge in [0.2, 0.25) is 0 Å². The Morgan fingerprint density at radius 2 is 0.804 bits per heavy atom. The van der Waals surface area contributed by atoms with E-state index in [2.05, 4.69) is 0 Å². The van der Waals surface area contributed by atoms with Crippen molar-refractivity contribution in [1.29, 1.82) is 0 Å². The second-order valence-corrected chi connectivity index (χ2v) is 12.4. The standard InChI is InChI=1S/C49H34N2/c1-33-16-27-43-45-32-39(22-29-48(45)51(49(43)30-33)41-25-19-37(20-26-41)35-12-6-3-7-13-35)38-21-28-47-44(31-38)42-14-8-9-15-46(42)50(47)40-23-17-36(18-24-40)34-10-4-2-5-11-34/h2-32H,1H3/i8D,9D,14D,15D,16D,21D,22D,27D,28D,29D,30D,31D,32D. The van der Waals surface area contributed by atoms with Gasteiger partial charge in [-0.25, -0.2) is 0 Å². The Balaban J connectivity index is 1.31. The highest BCUT2D eigenvalue weighted by atomic mass is 15.0. The second-order valence-electron chi connectivity index (χ2n) is 12.4. The van der Waals surface area contributed by atoms with Crippen molar-refractivity contribution in [1.82, 2.24) is 9.13 Å². The van der Waals surface area contributed by atoms with Crippen LogP contribution in [0, 0.1) is 6.92 Å². The SMILES string of the molecule is [2H]c1c([2H])c([2H])c2c(c1[2H])c1c([2H])c(-c3c([2H])c([2H])c4c(c3[2H])c3c([2H])c([2H])c(C)c([2H])c3n4-c3ccc(-c4ccccc4)cc3)c([2H])c([2H])c1n2-c1ccc(-c2ccccc2)cc1. The molecule has 0 unspecified atom stereocenters. The molecule has 0 atom stereocenters. The lowest BCUT2D eigenvalue weighted by Gasteiger charge is -2.11. The Labute approximate surface area is 315 Å². The van der Waals surface area contributed by atoms with Crippen LogP contribution in [-0.2, 0) is 0 Å². The lowest BCUT2D eigenvalue weighted by atomic mass is 10.0. The maximum absolute atomic E-state index is 9.84. The zero-order valence-electron chi connectivity index (χ0n) is 40.3. The van der Waals surface area contributed by atoms with Crippen molar-refractivity contribution in [2.75, 3.05) is 0 Å². The third-order valence-electron chi connectivity index (χ3n) is 9.28. The van der Waals surface area contributed by atoms with Crippen LogP contribution >= 0.6 is 0 Å². The van der Waals surface area contributed by atoms with Crippen molar-refractivity contribution in [2.24, 2.45) is 0 Å². The molecule has 2 nitrogen and oxygen atoms in total. The summed E-state index contributed by atoms with van der Waals surface area (Å²) in [4.78, 5) is 0. The molecule has 2 heteroatoms. The number of aromatic nitrogens is 2. The molecule has 10 rings (SSSR count). The van der Waals surface area contributed by atoms with Crippen molar-refractivity contribution in [3.63, 3.8) is 0 Å². The predicted molar refractivity (Wildman–Crippen MR) is 216 cm³/mol. The molecule has 0 aliphatic rings. The van der Waals surface area contributed by atoms with Crippen LogP contribution in [0.4, 0.5) is 0 Å². The summed E-state index contributed by atoms with van der Waals surface area (Å²) in [5.74, 6) is 0. The smallest absolute Gasteiger partial charge is 0.0648 e. The average molecular weight is 664 g/mol. The van der Waals surface area contributed by atoms with Gasteiger partial charge in [-0.1, -0.05) is 127 Å². The number of rotatable bonds is 5. The highest BCUT2D eigenvalue weighted by molar-refractivity contribution is 6.12. The fourth-order valence-corrected chi connectivity index (χ4v) is 6.84. The highest BCUT2D eigenvalue weighted by Crippen LogP contribution is 2.39. The van der Waals surface area contributed by atoms with Crippen molar-refractivity contribution >= 4 is 43.6 Å². The summed E-state index contributed by atoms with van der Waals surface area (Å²) in [6.07, 6.45) is 0. The number of para-hydroxylation sites is 1. The molecule has 240 valence electrons. The molecule has 0 N–H and O–H groups in total. The third kappa shape index (κ3) is 4.87. The number of fused-ring (bicyclic) bond motifs is 6. The minimum absolute atomic E-state index is 0.0115. The molecule has 0 aliphatic carbocycles. The zero-order valence-corrected chi connectivity index (χ0v) is 27.3. The number of hydrogen-bond donors (Lipinski definition) is 0. The van der Waals surface area contributed by atoms with Crippen LogP contribution in [-0.4, -0.2) is 9.13 Å². The van der Waals surface area contributed by atoms with E-state index < -0.39 is 60.4 Å². The molecule has 0 saturated heterocycles. The van der Waals surface area contributed by atoms with Gasteiger partial charge in [0.15, 0.2) is 0 Å². The van der Waals surface area contributed by atoms with Crippen molar-refractivity contribution < 1.29 is 17.8 Å². The minimum atomic E-state index is -0.581. The molecule has 10 aromatic rings. The number of benzene rings is 8. The summed E-state index contributed by atoms with van der Waals surface area (Å²) in [5.41, 5.74) is 4.07. The Hall–Kier alpha value is -6.64. The lowest BCUT2D eigenvalue weighted by Crippen LogP contribution is -1.94. The molecule has 0 saturated carbocycles. The van der Waals surface area contributed by atoms with E-state index in [-0.39, 0.29) is 78.4 Å².